The van der Waals surface area contributed by atoms with Crippen molar-refractivity contribution in [1.29, 1.82) is 0 Å². The van der Waals surface area contributed by atoms with Crippen LogP contribution in [0.1, 0.15) is 16.3 Å². The monoisotopic (exact) mass is 303 g/mol. The first kappa shape index (κ1) is 16.0. The van der Waals surface area contributed by atoms with Crippen molar-refractivity contribution in [2.45, 2.75) is 11.5 Å². The number of hydrogen-bond acceptors (Lipinski definition) is 4. The first-order valence-electron chi connectivity index (χ1n) is 5.37. The number of carboxylic acid groups (broad SMARTS) is 1. The van der Waals surface area contributed by atoms with Crippen LogP contribution >= 0.6 is 11.8 Å². The van der Waals surface area contributed by atoms with Crippen LogP contribution in [0, 0.1) is 12.3 Å². The molecule has 1 amide bonds. The number of aliphatic carboxylic acids is 1. The predicted octanol–water partition coefficient (Wildman–Crippen LogP) is 1.90. The van der Waals surface area contributed by atoms with Gasteiger partial charge in [0.15, 0.2) is 5.76 Å². The molecule has 108 valence electrons. The van der Waals surface area contributed by atoms with Crippen LogP contribution in [0.4, 0.5) is 8.78 Å². The molecule has 0 aliphatic rings. The van der Waals surface area contributed by atoms with Crippen molar-refractivity contribution < 1.29 is 27.9 Å². The van der Waals surface area contributed by atoms with Gasteiger partial charge in [0.25, 0.3) is 11.7 Å². The Labute approximate surface area is 117 Å². The largest absolute Gasteiger partial charge is 0.480 e. The summed E-state index contributed by atoms with van der Waals surface area (Å²) >= 11 is 0.360. The lowest BCUT2D eigenvalue weighted by Gasteiger charge is -2.16. The number of terminal acetylenes is 1. The number of alkyl halides is 2. The Hall–Kier alpha value is -2.01. The third kappa shape index (κ3) is 4.93. The van der Waals surface area contributed by atoms with Crippen LogP contribution in [-0.4, -0.2) is 40.7 Å². The van der Waals surface area contributed by atoms with Crippen molar-refractivity contribution in [2.75, 3.05) is 13.1 Å². The molecule has 0 atom stereocenters. The van der Waals surface area contributed by atoms with Crippen LogP contribution in [0.2, 0.25) is 0 Å². The van der Waals surface area contributed by atoms with E-state index in [1.807, 2.05) is 0 Å². The van der Waals surface area contributed by atoms with Gasteiger partial charge in [-0.05, 0) is 12.1 Å². The van der Waals surface area contributed by atoms with E-state index in [9.17, 15) is 18.4 Å². The number of furan rings is 1. The summed E-state index contributed by atoms with van der Waals surface area (Å²) in [5, 5.41) is 8.68. The second-order valence-corrected chi connectivity index (χ2v) is 4.58. The van der Waals surface area contributed by atoms with Gasteiger partial charge < -0.3 is 14.4 Å². The van der Waals surface area contributed by atoms with Gasteiger partial charge in [0.2, 0.25) is 0 Å². The number of halogens is 2. The van der Waals surface area contributed by atoms with E-state index in [1.54, 1.807) is 0 Å². The third-order valence-electron chi connectivity index (χ3n) is 2.12. The van der Waals surface area contributed by atoms with E-state index in [4.69, 9.17) is 15.9 Å². The maximum atomic E-state index is 12.0. The van der Waals surface area contributed by atoms with Gasteiger partial charge in [0, 0.05) is 0 Å². The topological polar surface area (TPSA) is 70.8 Å². The molecule has 0 saturated carbocycles. The summed E-state index contributed by atoms with van der Waals surface area (Å²) in [4.78, 5) is 23.5. The van der Waals surface area contributed by atoms with E-state index >= 15 is 0 Å². The van der Waals surface area contributed by atoms with Gasteiger partial charge in [-0.25, -0.2) is 0 Å². The molecule has 5 nitrogen and oxygen atoms in total. The highest BCUT2D eigenvalue weighted by molar-refractivity contribution is 7.98. The van der Waals surface area contributed by atoms with E-state index in [0.29, 0.717) is 11.8 Å². The number of carbonyl (C=O) groups is 2. The molecule has 0 spiro atoms. The molecule has 0 aromatic carbocycles. The average molecular weight is 303 g/mol. The number of thioether (sulfide) groups is 1. The predicted molar refractivity (Wildman–Crippen MR) is 68.4 cm³/mol. The van der Waals surface area contributed by atoms with E-state index in [2.05, 4.69) is 5.92 Å². The molecule has 0 saturated heterocycles. The van der Waals surface area contributed by atoms with Crippen LogP contribution in [0.25, 0.3) is 0 Å². The van der Waals surface area contributed by atoms with Crippen LogP contribution < -0.4 is 0 Å². The van der Waals surface area contributed by atoms with Gasteiger partial charge in [-0.2, -0.15) is 8.78 Å². The zero-order valence-electron chi connectivity index (χ0n) is 10.2. The van der Waals surface area contributed by atoms with Gasteiger partial charge in [-0.15, -0.1) is 6.42 Å². The minimum Gasteiger partial charge on any atom is -0.480 e. The second-order valence-electron chi connectivity index (χ2n) is 3.60. The molecule has 1 N–H and O–H groups in total. The number of carbonyl (C=O) groups excluding carboxylic acids is 1. The number of hydrogen-bond donors (Lipinski definition) is 1. The van der Waals surface area contributed by atoms with E-state index in [1.165, 1.54) is 12.1 Å². The molecular weight excluding hydrogens is 292 g/mol. The maximum absolute atomic E-state index is 12.0. The normalized spacial score (nSPS) is 10.3. The van der Waals surface area contributed by atoms with E-state index in [-0.39, 0.29) is 23.8 Å². The van der Waals surface area contributed by atoms with Gasteiger partial charge in [0.05, 0.1) is 12.3 Å². The van der Waals surface area contributed by atoms with E-state index < -0.39 is 24.2 Å². The van der Waals surface area contributed by atoms with Crippen molar-refractivity contribution in [1.82, 2.24) is 4.90 Å². The summed E-state index contributed by atoms with van der Waals surface area (Å²) in [6.45, 7) is -0.752. The van der Waals surface area contributed by atoms with Crippen LogP contribution in [-0.2, 0) is 10.5 Å². The molecule has 0 unspecified atom stereocenters. The first-order valence-corrected chi connectivity index (χ1v) is 6.42. The molecule has 1 heterocycles. The maximum Gasteiger partial charge on any atom is 0.323 e. The standard InChI is InChI=1S/C12H11F2NO4S/c1-2-5-15(6-10(16)17)11(18)9-4-3-8(19-9)7-20-12(13)14/h1,3-4,12H,5-7H2,(H,16,17). The lowest BCUT2D eigenvalue weighted by Crippen LogP contribution is -2.35. The van der Waals surface area contributed by atoms with Crippen LogP contribution in [0.15, 0.2) is 16.5 Å². The third-order valence-corrected chi connectivity index (χ3v) is 2.82. The Kier molecular flexibility index (Phi) is 6.06. The average Bonchev–Trinajstić information content (AvgIpc) is 2.83. The summed E-state index contributed by atoms with van der Waals surface area (Å²) < 4.78 is 29.1. The summed E-state index contributed by atoms with van der Waals surface area (Å²) in [6, 6.07) is 2.69. The van der Waals surface area contributed by atoms with Gasteiger partial charge in [-0.1, -0.05) is 17.7 Å². The quantitative estimate of drug-likeness (QED) is 0.779. The van der Waals surface area contributed by atoms with Crippen molar-refractivity contribution in [3.05, 3.63) is 23.7 Å². The molecule has 20 heavy (non-hydrogen) atoms. The number of nitrogens with zero attached hydrogens (tertiary/aromatic N) is 1. The molecule has 8 heteroatoms. The lowest BCUT2D eigenvalue weighted by molar-refractivity contribution is -0.137. The molecule has 1 rings (SSSR count). The minimum absolute atomic E-state index is 0.0843. The number of amides is 1. The molecular formula is C12H11F2NO4S. The molecule has 0 bridgehead atoms. The Morgan fingerprint density at radius 1 is 1.50 bits per heavy atom. The number of carboxylic acids is 1. The van der Waals surface area contributed by atoms with Crippen LogP contribution in [0.3, 0.4) is 0 Å². The van der Waals surface area contributed by atoms with Crippen LogP contribution in [0.5, 0.6) is 0 Å². The summed E-state index contributed by atoms with van der Waals surface area (Å²) in [5.74, 6) is -2.29. The molecule has 1 aromatic rings. The fourth-order valence-electron chi connectivity index (χ4n) is 1.34. The van der Waals surface area contributed by atoms with E-state index in [0.717, 1.165) is 4.90 Å². The molecule has 1 aromatic heterocycles. The first-order chi connectivity index (χ1) is 9.43. The zero-order chi connectivity index (χ0) is 15.1. The molecule has 0 radical (unpaired) electrons. The Morgan fingerprint density at radius 3 is 2.75 bits per heavy atom. The van der Waals surface area contributed by atoms with Crippen molar-refractivity contribution in [3.8, 4) is 12.3 Å². The minimum atomic E-state index is -2.54. The van der Waals surface area contributed by atoms with Gasteiger partial charge in [-0.3, -0.25) is 9.59 Å². The summed E-state index contributed by atoms with van der Waals surface area (Å²) in [7, 11) is 0. The zero-order valence-corrected chi connectivity index (χ0v) is 11.0. The Bertz CT molecular complexity index is 524. The highest BCUT2D eigenvalue weighted by Crippen LogP contribution is 2.21. The molecule has 0 aliphatic heterocycles. The van der Waals surface area contributed by atoms with Crippen molar-refractivity contribution >= 4 is 23.6 Å². The Balaban J connectivity index is 2.74. The smallest absolute Gasteiger partial charge is 0.323 e. The highest BCUT2D eigenvalue weighted by Gasteiger charge is 2.21. The number of rotatable bonds is 7. The highest BCUT2D eigenvalue weighted by atomic mass is 32.2. The van der Waals surface area contributed by atoms with Gasteiger partial charge in [0.1, 0.15) is 12.3 Å². The summed E-state index contributed by atoms with van der Waals surface area (Å²) in [6.07, 6.45) is 5.05. The van der Waals surface area contributed by atoms with Crippen molar-refractivity contribution in [2.24, 2.45) is 0 Å². The van der Waals surface area contributed by atoms with Gasteiger partial charge >= 0.3 is 5.97 Å². The Morgan fingerprint density at radius 2 is 2.20 bits per heavy atom. The lowest BCUT2D eigenvalue weighted by atomic mass is 10.3. The van der Waals surface area contributed by atoms with Crippen molar-refractivity contribution in [3.63, 3.8) is 0 Å². The summed E-state index contributed by atoms with van der Waals surface area (Å²) in [5.41, 5.74) is 0. The fraction of sp³-hybridized carbons (Fsp3) is 0.333. The second kappa shape index (κ2) is 7.55. The molecule has 0 aliphatic carbocycles. The molecule has 0 fully saturated rings. The SMILES string of the molecule is C#CCN(CC(=O)O)C(=O)c1ccc(CSC(F)F)o1. The fourth-order valence-corrected chi connectivity index (χ4v) is 1.79.